The molecule has 0 unspecified atom stereocenters. The molecule has 9 heteroatoms. The van der Waals surface area contributed by atoms with Gasteiger partial charge >= 0.3 is 0 Å². The Morgan fingerprint density at radius 2 is 1.92 bits per heavy atom. The Morgan fingerprint density at radius 1 is 1.15 bits per heavy atom. The molecule has 0 spiro atoms. The van der Waals surface area contributed by atoms with Gasteiger partial charge in [0.25, 0.3) is 5.91 Å². The molecular weight excluding hydrogens is 340 g/mol. The van der Waals surface area contributed by atoms with Crippen LogP contribution in [0, 0.1) is 0 Å². The zero-order valence-electron chi connectivity index (χ0n) is 14.9. The molecule has 0 aliphatic heterocycles. The van der Waals surface area contributed by atoms with Crippen molar-refractivity contribution < 1.29 is 23.8 Å². The molecule has 2 N–H and O–H groups in total. The van der Waals surface area contributed by atoms with Gasteiger partial charge in [0.2, 0.25) is 5.91 Å². The predicted octanol–water partition coefficient (Wildman–Crippen LogP) is 0.915. The molecule has 0 bridgehead atoms. The van der Waals surface area contributed by atoms with E-state index in [9.17, 15) is 9.59 Å². The van der Waals surface area contributed by atoms with Gasteiger partial charge in [-0.05, 0) is 18.2 Å². The van der Waals surface area contributed by atoms with Gasteiger partial charge in [-0.25, -0.2) is 0 Å². The summed E-state index contributed by atoms with van der Waals surface area (Å²) in [6.07, 6.45) is 3.22. The Bertz CT molecular complexity index is 759. The van der Waals surface area contributed by atoms with Crippen molar-refractivity contribution in [3.05, 3.63) is 36.2 Å². The van der Waals surface area contributed by atoms with Gasteiger partial charge in [-0.2, -0.15) is 5.10 Å². The van der Waals surface area contributed by atoms with Crippen LogP contribution in [-0.4, -0.2) is 56.1 Å². The lowest BCUT2D eigenvalue weighted by Gasteiger charge is -2.10. The fourth-order valence-electron chi connectivity index (χ4n) is 2.18. The number of nitrogens with zero attached hydrogens (tertiary/aromatic N) is 2. The molecule has 1 aromatic heterocycles. The fourth-order valence-corrected chi connectivity index (χ4v) is 2.18. The largest absolute Gasteiger partial charge is 0.493 e. The molecule has 1 aromatic carbocycles. The van der Waals surface area contributed by atoms with Gasteiger partial charge in [-0.1, -0.05) is 0 Å². The van der Waals surface area contributed by atoms with Crippen LogP contribution in [0.3, 0.4) is 0 Å². The van der Waals surface area contributed by atoms with Gasteiger partial charge < -0.3 is 24.8 Å². The van der Waals surface area contributed by atoms with Crippen molar-refractivity contribution in [1.29, 1.82) is 0 Å². The summed E-state index contributed by atoms with van der Waals surface area (Å²) >= 11 is 0. The molecule has 0 saturated heterocycles. The molecule has 0 aliphatic carbocycles. The Kier molecular flexibility index (Phi) is 6.98. The van der Waals surface area contributed by atoms with Crippen LogP contribution in [-0.2, 0) is 16.1 Å². The molecular formula is C17H22N4O5. The van der Waals surface area contributed by atoms with E-state index in [0.717, 1.165) is 0 Å². The standard InChI is InChI=1S/C17H22N4O5/c1-24-7-6-21-11-13(9-19-21)20-16(22)10-18-17(23)12-4-5-14(25-2)15(8-12)26-3/h4-5,8-9,11H,6-7,10H2,1-3H3,(H,18,23)(H,20,22). The number of nitrogens with one attached hydrogen (secondary N) is 2. The monoisotopic (exact) mass is 362 g/mol. The average molecular weight is 362 g/mol. The Hall–Kier alpha value is -3.07. The molecule has 26 heavy (non-hydrogen) atoms. The van der Waals surface area contributed by atoms with Gasteiger partial charge in [-0.15, -0.1) is 0 Å². The van der Waals surface area contributed by atoms with Crippen LogP contribution in [0.25, 0.3) is 0 Å². The normalized spacial score (nSPS) is 10.3. The van der Waals surface area contributed by atoms with Crippen LogP contribution in [0.5, 0.6) is 11.5 Å². The van der Waals surface area contributed by atoms with Crippen molar-refractivity contribution in [3.8, 4) is 11.5 Å². The summed E-state index contributed by atoms with van der Waals surface area (Å²) in [7, 11) is 4.60. The predicted molar refractivity (Wildman–Crippen MR) is 94.6 cm³/mol. The van der Waals surface area contributed by atoms with Gasteiger partial charge in [-0.3, -0.25) is 14.3 Å². The number of aromatic nitrogens is 2. The summed E-state index contributed by atoms with van der Waals surface area (Å²) in [5, 5.41) is 9.31. The first-order valence-corrected chi connectivity index (χ1v) is 7.89. The second-order valence-corrected chi connectivity index (χ2v) is 5.29. The number of amides is 2. The van der Waals surface area contributed by atoms with Crippen LogP contribution in [0.4, 0.5) is 5.69 Å². The second-order valence-electron chi connectivity index (χ2n) is 5.29. The van der Waals surface area contributed by atoms with E-state index in [2.05, 4.69) is 15.7 Å². The summed E-state index contributed by atoms with van der Waals surface area (Å²) in [5.41, 5.74) is 0.911. The van der Waals surface area contributed by atoms with Crippen molar-refractivity contribution in [2.45, 2.75) is 6.54 Å². The molecule has 0 radical (unpaired) electrons. The molecule has 0 atom stereocenters. The van der Waals surface area contributed by atoms with Gasteiger partial charge in [0.05, 0.1) is 45.8 Å². The van der Waals surface area contributed by atoms with Crippen molar-refractivity contribution in [3.63, 3.8) is 0 Å². The zero-order chi connectivity index (χ0) is 18.9. The smallest absolute Gasteiger partial charge is 0.251 e. The Morgan fingerprint density at radius 3 is 2.62 bits per heavy atom. The van der Waals surface area contributed by atoms with Crippen LogP contribution in [0.15, 0.2) is 30.6 Å². The topological polar surface area (TPSA) is 104 Å². The van der Waals surface area contributed by atoms with E-state index < -0.39 is 5.91 Å². The fraction of sp³-hybridized carbons (Fsp3) is 0.353. The van der Waals surface area contributed by atoms with Gasteiger partial charge in [0, 0.05) is 18.9 Å². The minimum Gasteiger partial charge on any atom is -0.493 e. The number of hydrogen-bond donors (Lipinski definition) is 2. The van der Waals surface area contributed by atoms with E-state index in [1.165, 1.54) is 20.4 Å². The quantitative estimate of drug-likeness (QED) is 0.687. The number of methoxy groups -OCH3 is 3. The minimum atomic E-state index is -0.392. The van der Waals surface area contributed by atoms with E-state index in [-0.39, 0.29) is 12.5 Å². The van der Waals surface area contributed by atoms with Gasteiger partial charge in [0.15, 0.2) is 11.5 Å². The van der Waals surface area contributed by atoms with Crippen LogP contribution in [0.1, 0.15) is 10.4 Å². The molecule has 140 valence electrons. The molecule has 2 amide bonds. The lowest BCUT2D eigenvalue weighted by Crippen LogP contribution is -2.32. The second kappa shape index (κ2) is 9.42. The first-order valence-electron chi connectivity index (χ1n) is 7.89. The summed E-state index contributed by atoms with van der Waals surface area (Å²) in [5.74, 6) is 0.211. The highest BCUT2D eigenvalue weighted by molar-refractivity contribution is 5.99. The molecule has 9 nitrogen and oxygen atoms in total. The van der Waals surface area contributed by atoms with Crippen LogP contribution >= 0.6 is 0 Å². The summed E-state index contributed by atoms with van der Waals surface area (Å²) in [4.78, 5) is 24.1. The van der Waals surface area contributed by atoms with E-state index >= 15 is 0 Å². The number of ether oxygens (including phenoxy) is 3. The molecule has 2 aromatic rings. The van der Waals surface area contributed by atoms with Crippen molar-refractivity contribution in [1.82, 2.24) is 15.1 Å². The van der Waals surface area contributed by atoms with Crippen LogP contribution < -0.4 is 20.1 Å². The number of carbonyl (C=O) groups is 2. The molecule has 0 fully saturated rings. The highest BCUT2D eigenvalue weighted by Crippen LogP contribution is 2.27. The minimum absolute atomic E-state index is 0.170. The Balaban J connectivity index is 1.86. The number of anilines is 1. The third-order valence-corrected chi connectivity index (χ3v) is 3.50. The van der Waals surface area contributed by atoms with E-state index in [1.54, 1.807) is 36.2 Å². The summed E-state index contributed by atoms with van der Waals surface area (Å²) < 4.78 is 16.9. The average Bonchev–Trinajstić information content (AvgIpc) is 3.10. The lowest BCUT2D eigenvalue weighted by molar-refractivity contribution is -0.115. The summed E-state index contributed by atoms with van der Waals surface area (Å²) in [6, 6.07) is 4.77. The maximum Gasteiger partial charge on any atom is 0.251 e. The van der Waals surface area contributed by atoms with E-state index in [0.29, 0.717) is 35.9 Å². The highest BCUT2D eigenvalue weighted by atomic mass is 16.5. The third kappa shape index (κ3) is 5.21. The molecule has 0 aliphatic rings. The van der Waals surface area contributed by atoms with Crippen LogP contribution in [0.2, 0.25) is 0 Å². The van der Waals surface area contributed by atoms with E-state index in [1.807, 2.05) is 0 Å². The number of rotatable bonds is 9. The van der Waals surface area contributed by atoms with Crippen molar-refractivity contribution in [2.75, 3.05) is 39.8 Å². The lowest BCUT2D eigenvalue weighted by atomic mass is 10.2. The van der Waals surface area contributed by atoms with Gasteiger partial charge in [0.1, 0.15) is 0 Å². The Labute approximate surface area is 151 Å². The third-order valence-electron chi connectivity index (χ3n) is 3.50. The summed E-state index contributed by atoms with van der Waals surface area (Å²) in [6.45, 7) is 0.940. The maximum absolute atomic E-state index is 12.2. The number of carbonyl (C=O) groups excluding carboxylic acids is 2. The first-order chi connectivity index (χ1) is 12.6. The SMILES string of the molecule is COCCn1cc(NC(=O)CNC(=O)c2ccc(OC)c(OC)c2)cn1. The van der Waals surface area contributed by atoms with Crippen molar-refractivity contribution >= 4 is 17.5 Å². The number of benzene rings is 1. The maximum atomic E-state index is 12.2. The van der Waals surface area contributed by atoms with Crippen molar-refractivity contribution in [2.24, 2.45) is 0 Å². The molecule has 2 rings (SSSR count). The first kappa shape index (κ1) is 19.3. The molecule has 1 heterocycles. The highest BCUT2D eigenvalue weighted by Gasteiger charge is 2.12. The van der Waals surface area contributed by atoms with E-state index in [4.69, 9.17) is 14.2 Å². The zero-order valence-corrected chi connectivity index (χ0v) is 14.9. The number of hydrogen-bond acceptors (Lipinski definition) is 6. The molecule has 0 saturated carbocycles.